The van der Waals surface area contributed by atoms with Gasteiger partial charge in [-0.1, -0.05) is 36.4 Å². The molecule has 0 radical (unpaired) electrons. The molecule has 4 rings (SSSR count). The molecule has 0 saturated heterocycles. The summed E-state index contributed by atoms with van der Waals surface area (Å²) < 4.78 is 45.4. The minimum Gasteiger partial charge on any atom is -0.493 e. The third kappa shape index (κ3) is 4.27. The van der Waals surface area contributed by atoms with E-state index in [1.807, 2.05) is 30.3 Å². The topological polar surface area (TPSA) is 66.8 Å². The number of carbonyl (C=O) groups is 1. The number of benzene rings is 3. The molecule has 1 aliphatic heterocycles. The predicted molar refractivity (Wildman–Crippen MR) is 108 cm³/mol. The van der Waals surface area contributed by atoms with Gasteiger partial charge in [-0.3, -0.25) is 0 Å². The first-order chi connectivity index (χ1) is 14.7. The molecule has 0 fully saturated rings. The van der Waals surface area contributed by atoms with Gasteiger partial charge in [0.05, 0.1) is 23.8 Å². The highest BCUT2D eigenvalue weighted by molar-refractivity contribution is 5.96. The van der Waals surface area contributed by atoms with Gasteiger partial charge in [-0.05, 0) is 53.4 Å². The van der Waals surface area contributed by atoms with E-state index in [4.69, 9.17) is 4.74 Å². The van der Waals surface area contributed by atoms with Gasteiger partial charge < -0.3 is 14.9 Å². The number of alkyl halides is 3. The standard InChI is InChI=1S/C24H19F3O4/c25-24(26,27)17-7-8-18(23(29)30)19(12-17)15-6-9-21-20(11-15)22(28)16(13-31-21)10-14-4-2-1-3-5-14/h1-9,11-12,16,22,28H,10,13H2,(H,29,30)/t16-,22+/m0/s1. The number of aliphatic hydroxyl groups excluding tert-OH is 1. The van der Waals surface area contributed by atoms with Gasteiger partial charge in [-0.2, -0.15) is 13.2 Å². The zero-order valence-electron chi connectivity index (χ0n) is 16.3. The highest BCUT2D eigenvalue weighted by Gasteiger charge is 2.33. The highest BCUT2D eigenvalue weighted by Crippen LogP contribution is 2.41. The SMILES string of the molecule is O=C(O)c1ccc(C(F)(F)F)cc1-c1ccc2c(c1)[C@H](O)[C@@H](Cc1ccccc1)CO2. The summed E-state index contributed by atoms with van der Waals surface area (Å²) in [6.07, 6.45) is -4.94. The predicted octanol–water partition coefficient (Wildman–Crippen LogP) is 5.36. The van der Waals surface area contributed by atoms with Crippen LogP contribution in [0.25, 0.3) is 11.1 Å². The third-order valence-corrected chi connectivity index (χ3v) is 5.46. The number of rotatable bonds is 4. The van der Waals surface area contributed by atoms with Gasteiger partial charge in [0.2, 0.25) is 0 Å². The number of ether oxygens (including phenoxy) is 1. The Morgan fingerprint density at radius 2 is 1.77 bits per heavy atom. The molecule has 3 aromatic rings. The maximum atomic E-state index is 13.2. The van der Waals surface area contributed by atoms with Crippen LogP contribution in [-0.4, -0.2) is 22.8 Å². The Labute approximate surface area is 176 Å². The van der Waals surface area contributed by atoms with Gasteiger partial charge in [0.1, 0.15) is 5.75 Å². The first-order valence-electron chi connectivity index (χ1n) is 9.67. The number of carboxylic acid groups (broad SMARTS) is 1. The van der Waals surface area contributed by atoms with Crippen molar-refractivity contribution in [2.75, 3.05) is 6.61 Å². The fourth-order valence-corrected chi connectivity index (χ4v) is 3.85. The quantitative estimate of drug-likeness (QED) is 0.588. The second-order valence-corrected chi connectivity index (χ2v) is 7.52. The molecule has 0 aromatic heterocycles. The van der Waals surface area contributed by atoms with Crippen LogP contribution in [0.2, 0.25) is 0 Å². The van der Waals surface area contributed by atoms with Crippen LogP contribution in [0, 0.1) is 5.92 Å². The Morgan fingerprint density at radius 3 is 2.45 bits per heavy atom. The van der Waals surface area contributed by atoms with Crippen molar-refractivity contribution in [3.05, 3.63) is 89.0 Å². The van der Waals surface area contributed by atoms with Crippen molar-refractivity contribution < 1.29 is 32.9 Å². The van der Waals surface area contributed by atoms with E-state index in [2.05, 4.69) is 0 Å². The molecule has 31 heavy (non-hydrogen) atoms. The summed E-state index contributed by atoms with van der Waals surface area (Å²) in [5.74, 6) is -1.14. The number of aromatic carboxylic acids is 1. The second-order valence-electron chi connectivity index (χ2n) is 7.52. The van der Waals surface area contributed by atoms with Gasteiger partial charge in [-0.15, -0.1) is 0 Å². The smallest absolute Gasteiger partial charge is 0.416 e. The monoisotopic (exact) mass is 428 g/mol. The summed E-state index contributed by atoms with van der Waals surface area (Å²) in [4.78, 5) is 11.6. The van der Waals surface area contributed by atoms with Gasteiger partial charge in [-0.25, -0.2) is 4.79 Å². The summed E-state index contributed by atoms with van der Waals surface area (Å²) in [6, 6.07) is 16.7. The molecular formula is C24H19F3O4. The van der Waals surface area contributed by atoms with Crippen molar-refractivity contribution in [2.45, 2.75) is 18.7 Å². The maximum Gasteiger partial charge on any atom is 0.416 e. The lowest BCUT2D eigenvalue weighted by molar-refractivity contribution is -0.137. The summed E-state index contributed by atoms with van der Waals surface area (Å²) in [7, 11) is 0. The molecule has 0 unspecified atom stereocenters. The molecule has 0 aliphatic carbocycles. The molecule has 160 valence electrons. The van der Waals surface area contributed by atoms with Crippen LogP contribution in [0.15, 0.2) is 66.7 Å². The van der Waals surface area contributed by atoms with Gasteiger partial charge in [0.25, 0.3) is 0 Å². The fraction of sp³-hybridized carbons (Fsp3) is 0.208. The van der Waals surface area contributed by atoms with Gasteiger partial charge >= 0.3 is 12.1 Å². The first kappa shape index (κ1) is 20.9. The van der Waals surface area contributed by atoms with Crippen LogP contribution < -0.4 is 4.74 Å². The second kappa shape index (κ2) is 8.07. The van der Waals surface area contributed by atoms with E-state index in [1.54, 1.807) is 6.07 Å². The lowest BCUT2D eigenvalue weighted by Gasteiger charge is -2.31. The average molecular weight is 428 g/mol. The average Bonchev–Trinajstić information content (AvgIpc) is 2.75. The number of fused-ring (bicyclic) bond motifs is 1. The summed E-state index contributed by atoms with van der Waals surface area (Å²) in [6.45, 7) is 0.298. The van der Waals surface area contributed by atoms with Crippen LogP contribution in [0.3, 0.4) is 0 Å². The molecule has 7 heteroatoms. The number of halogens is 3. The molecule has 0 spiro atoms. The molecule has 2 N–H and O–H groups in total. The van der Waals surface area contributed by atoms with Crippen LogP contribution in [0.5, 0.6) is 5.75 Å². The van der Waals surface area contributed by atoms with Crippen molar-refractivity contribution in [1.29, 1.82) is 0 Å². The minimum atomic E-state index is -4.61. The van der Waals surface area contributed by atoms with Crippen LogP contribution in [-0.2, 0) is 12.6 Å². The number of carboxylic acids is 1. The molecular weight excluding hydrogens is 409 g/mol. The molecule has 0 amide bonds. The Kier molecular flexibility index (Phi) is 5.45. The Morgan fingerprint density at radius 1 is 1.03 bits per heavy atom. The molecule has 1 aliphatic rings. The number of hydrogen-bond donors (Lipinski definition) is 2. The van der Waals surface area contributed by atoms with Crippen molar-refractivity contribution in [2.24, 2.45) is 5.92 Å². The van der Waals surface area contributed by atoms with Gasteiger partial charge in [0.15, 0.2) is 0 Å². The number of aliphatic hydroxyl groups is 1. The molecule has 4 nitrogen and oxygen atoms in total. The largest absolute Gasteiger partial charge is 0.493 e. The highest BCUT2D eigenvalue weighted by atomic mass is 19.4. The molecule has 0 saturated carbocycles. The minimum absolute atomic E-state index is 0.0671. The molecule has 2 atom stereocenters. The summed E-state index contributed by atoms with van der Waals surface area (Å²) in [5, 5.41) is 20.4. The Bertz CT molecular complexity index is 1110. The Hall–Kier alpha value is -3.32. The van der Waals surface area contributed by atoms with E-state index in [-0.39, 0.29) is 22.6 Å². The normalized spacial score (nSPS) is 18.2. The van der Waals surface area contributed by atoms with E-state index in [9.17, 15) is 28.2 Å². The lowest BCUT2D eigenvalue weighted by atomic mass is 9.86. The maximum absolute atomic E-state index is 13.2. The van der Waals surface area contributed by atoms with Crippen molar-refractivity contribution in [3.8, 4) is 16.9 Å². The van der Waals surface area contributed by atoms with Crippen LogP contribution in [0.1, 0.15) is 33.2 Å². The van der Waals surface area contributed by atoms with E-state index in [0.717, 1.165) is 23.8 Å². The summed E-state index contributed by atoms with van der Waals surface area (Å²) >= 11 is 0. The number of hydrogen-bond acceptors (Lipinski definition) is 3. The third-order valence-electron chi connectivity index (χ3n) is 5.46. The zero-order chi connectivity index (χ0) is 22.2. The lowest BCUT2D eigenvalue weighted by Crippen LogP contribution is -2.27. The van der Waals surface area contributed by atoms with Crippen molar-refractivity contribution >= 4 is 5.97 Å². The Balaban J connectivity index is 1.73. The molecule has 3 aromatic carbocycles. The molecule has 0 bridgehead atoms. The van der Waals surface area contributed by atoms with Crippen LogP contribution >= 0.6 is 0 Å². The van der Waals surface area contributed by atoms with E-state index in [0.29, 0.717) is 24.3 Å². The van der Waals surface area contributed by atoms with Crippen molar-refractivity contribution in [1.82, 2.24) is 0 Å². The van der Waals surface area contributed by atoms with Crippen molar-refractivity contribution in [3.63, 3.8) is 0 Å². The van der Waals surface area contributed by atoms with Crippen LogP contribution in [0.4, 0.5) is 13.2 Å². The van der Waals surface area contributed by atoms with E-state index in [1.165, 1.54) is 12.1 Å². The first-order valence-corrected chi connectivity index (χ1v) is 9.67. The summed E-state index contributed by atoms with van der Waals surface area (Å²) in [5.41, 5.74) is 0.468. The van der Waals surface area contributed by atoms with E-state index < -0.39 is 23.8 Å². The molecule has 1 heterocycles. The van der Waals surface area contributed by atoms with E-state index >= 15 is 0 Å². The fourth-order valence-electron chi connectivity index (χ4n) is 3.85. The zero-order valence-corrected chi connectivity index (χ0v) is 16.3. The van der Waals surface area contributed by atoms with Gasteiger partial charge in [0, 0.05) is 11.5 Å².